The van der Waals surface area contributed by atoms with Crippen LogP contribution in [0, 0.1) is 23.7 Å². The van der Waals surface area contributed by atoms with Crippen LogP contribution in [0.25, 0.3) is 0 Å². The van der Waals surface area contributed by atoms with Crippen LogP contribution >= 0.6 is 0 Å². The van der Waals surface area contributed by atoms with Crippen LogP contribution < -0.4 is 0 Å². The van der Waals surface area contributed by atoms with Crippen molar-refractivity contribution in [2.45, 2.75) is 67.2 Å². The van der Waals surface area contributed by atoms with Crippen molar-refractivity contribution in [2.75, 3.05) is 0 Å². The van der Waals surface area contributed by atoms with Gasteiger partial charge in [-0.1, -0.05) is 54.4 Å². The zero-order valence-corrected chi connectivity index (χ0v) is 11.1. The molecule has 1 aliphatic carbocycles. The molecule has 0 radical (unpaired) electrons. The first kappa shape index (κ1) is 14.0. The summed E-state index contributed by atoms with van der Waals surface area (Å²) in [6.07, 6.45) is 5.84. The third-order valence-electron chi connectivity index (χ3n) is 3.68. The van der Waals surface area contributed by atoms with Gasteiger partial charge in [-0.15, -0.1) is 0 Å². The molecule has 1 fully saturated rings. The lowest BCUT2D eigenvalue weighted by molar-refractivity contribution is 0.140. The van der Waals surface area contributed by atoms with Crippen molar-refractivity contribution in [1.29, 1.82) is 0 Å². The SMILES string of the molecule is CC.CCC1C[C@H](C)CC[C@H]1C(C)C. The molecule has 0 spiro atoms. The standard InChI is InChI=1S/C12H24.C2H6/c1-5-11-8-10(4)6-7-12(11)9(2)3;1-2/h9-12H,5-8H2,1-4H3;1-2H3/t10-,11?,12+;/m1./s1. The zero-order chi connectivity index (χ0) is 11.1. The van der Waals surface area contributed by atoms with Gasteiger partial charge in [0.2, 0.25) is 0 Å². The predicted octanol–water partition coefficient (Wildman–Crippen LogP) is 5.13. The highest BCUT2D eigenvalue weighted by Crippen LogP contribution is 2.39. The van der Waals surface area contributed by atoms with Gasteiger partial charge in [-0.25, -0.2) is 0 Å². The van der Waals surface area contributed by atoms with Crippen molar-refractivity contribution in [3.8, 4) is 0 Å². The summed E-state index contributed by atoms with van der Waals surface area (Å²) < 4.78 is 0. The van der Waals surface area contributed by atoms with E-state index < -0.39 is 0 Å². The fourth-order valence-corrected chi connectivity index (χ4v) is 2.87. The molecule has 0 aromatic carbocycles. The Morgan fingerprint density at radius 3 is 2.14 bits per heavy atom. The van der Waals surface area contributed by atoms with Crippen LogP contribution in [-0.2, 0) is 0 Å². The minimum absolute atomic E-state index is 0.905. The molecule has 1 unspecified atom stereocenters. The number of hydrogen-bond donors (Lipinski definition) is 0. The van der Waals surface area contributed by atoms with E-state index in [1.807, 2.05) is 13.8 Å². The fraction of sp³-hybridized carbons (Fsp3) is 1.00. The second kappa shape index (κ2) is 7.31. The topological polar surface area (TPSA) is 0 Å². The van der Waals surface area contributed by atoms with E-state index in [2.05, 4.69) is 27.7 Å². The Hall–Kier alpha value is 0. The Bertz CT molecular complexity index is 126. The molecule has 1 saturated carbocycles. The van der Waals surface area contributed by atoms with Crippen LogP contribution in [0.1, 0.15) is 67.2 Å². The third-order valence-corrected chi connectivity index (χ3v) is 3.68. The summed E-state index contributed by atoms with van der Waals surface area (Å²) in [6, 6.07) is 0. The molecule has 0 aromatic rings. The van der Waals surface area contributed by atoms with E-state index in [0.29, 0.717) is 0 Å². The van der Waals surface area contributed by atoms with E-state index in [-0.39, 0.29) is 0 Å². The summed E-state index contributed by atoms with van der Waals surface area (Å²) in [6.45, 7) is 13.6. The maximum Gasteiger partial charge on any atom is -0.0363 e. The maximum atomic E-state index is 2.42. The van der Waals surface area contributed by atoms with E-state index in [4.69, 9.17) is 0 Å². The van der Waals surface area contributed by atoms with Crippen LogP contribution in [0.4, 0.5) is 0 Å². The van der Waals surface area contributed by atoms with Crippen molar-refractivity contribution in [2.24, 2.45) is 23.7 Å². The first-order chi connectivity index (χ1) is 6.65. The molecule has 0 bridgehead atoms. The molecular formula is C14H30. The Morgan fingerprint density at radius 1 is 1.14 bits per heavy atom. The summed E-state index contributed by atoms with van der Waals surface area (Å²) in [7, 11) is 0. The lowest BCUT2D eigenvalue weighted by Gasteiger charge is -2.36. The Labute approximate surface area is 91.5 Å². The summed E-state index contributed by atoms with van der Waals surface area (Å²) >= 11 is 0. The highest BCUT2D eigenvalue weighted by atomic mass is 14.3. The quantitative estimate of drug-likeness (QED) is 0.577. The maximum absolute atomic E-state index is 2.42. The predicted molar refractivity (Wildman–Crippen MR) is 66.5 cm³/mol. The largest absolute Gasteiger partial charge is 0.0683 e. The molecule has 0 heterocycles. The molecule has 1 aliphatic rings. The second-order valence-corrected chi connectivity index (χ2v) is 4.99. The average Bonchev–Trinajstić information content (AvgIpc) is 2.20. The van der Waals surface area contributed by atoms with Gasteiger partial charge in [0.15, 0.2) is 0 Å². The van der Waals surface area contributed by atoms with Crippen LogP contribution in [0.5, 0.6) is 0 Å². The Morgan fingerprint density at radius 2 is 1.71 bits per heavy atom. The van der Waals surface area contributed by atoms with Crippen LogP contribution in [0.3, 0.4) is 0 Å². The average molecular weight is 198 g/mol. The Balaban J connectivity index is 0.000000791. The summed E-state index contributed by atoms with van der Waals surface area (Å²) in [5.41, 5.74) is 0. The normalized spacial score (nSPS) is 32.4. The highest BCUT2D eigenvalue weighted by molar-refractivity contribution is 4.79. The molecule has 0 amide bonds. The van der Waals surface area contributed by atoms with Crippen LogP contribution in [0.2, 0.25) is 0 Å². The summed E-state index contributed by atoms with van der Waals surface area (Å²) in [5, 5.41) is 0. The monoisotopic (exact) mass is 198 g/mol. The third kappa shape index (κ3) is 4.02. The lowest BCUT2D eigenvalue weighted by Crippen LogP contribution is -2.26. The molecule has 0 heteroatoms. The molecule has 1 rings (SSSR count). The summed E-state index contributed by atoms with van der Waals surface area (Å²) in [5.74, 6) is 3.94. The van der Waals surface area contributed by atoms with Crippen molar-refractivity contribution in [3.63, 3.8) is 0 Å². The van der Waals surface area contributed by atoms with Crippen molar-refractivity contribution in [1.82, 2.24) is 0 Å². The minimum Gasteiger partial charge on any atom is -0.0683 e. The van der Waals surface area contributed by atoms with E-state index in [0.717, 1.165) is 23.7 Å². The molecule has 0 aromatic heterocycles. The molecule has 3 atom stereocenters. The Kier molecular flexibility index (Phi) is 7.31. The van der Waals surface area contributed by atoms with Crippen molar-refractivity contribution in [3.05, 3.63) is 0 Å². The van der Waals surface area contributed by atoms with Crippen molar-refractivity contribution >= 4 is 0 Å². The van der Waals surface area contributed by atoms with Gasteiger partial charge in [0.05, 0.1) is 0 Å². The second-order valence-electron chi connectivity index (χ2n) is 4.99. The highest BCUT2D eigenvalue weighted by Gasteiger charge is 2.28. The van der Waals surface area contributed by atoms with Gasteiger partial charge in [0, 0.05) is 0 Å². The molecular weight excluding hydrogens is 168 g/mol. The minimum atomic E-state index is 0.905. The van der Waals surface area contributed by atoms with Crippen LogP contribution in [0.15, 0.2) is 0 Å². The van der Waals surface area contributed by atoms with E-state index in [9.17, 15) is 0 Å². The first-order valence-electron chi connectivity index (χ1n) is 6.65. The fourth-order valence-electron chi connectivity index (χ4n) is 2.87. The molecule has 0 N–H and O–H groups in total. The van der Waals surface area contributed by atoms with Gasteiger partial charge in [0.1, 0.15) is 0 Å². The molecule has 0 nitrogen and oxygen atoms in total. The van der Waals surface area contributed by atoms with Gasteiger partial charge >= 0.3 is 0 Å². The smallest absolute Gasteiger partial charge is 0.0363 e. The van der Waals surface area contributed by atoms with E-state index in [1.165, 1.54) is 25.7 Å². The molecule has 0 saturated heterocycles. The number of hydrogen-bond acceptors (Lipinski definition) is 0. The lowest BCUT2D eigenvalue weighted by atomic mass is 9.69. The zero-order valence-electron chi connectivity index (χ0n) is 11.1. The van der Waals surface area contributed by atoms with E-state index in [1.54, 1.807) is 0 Å². The van der Waals surface area contributed by atoms with E-state index >= 15 is 0 Å². The van der Waals surface area contributed by atoms with Gasteiger partial charge in [-0.05, 0) is 36.5 Å². The van der Waals surface area contributed by atoms with Gasteiger partial charge in [0.25, 0.3) is 0 Å². The van der Waals surface area contributed by atoms with Gasteiger partial charge < -0.3 is 0 Å². The first-order valence-corrected chi connectivity index (χ1v) is 6.65. The summed E-state index contributed by atoms with van der Waals surface area (Å²) in [4.78, 5) is 0. The van der Waals surface area contributed by atoms with Gasteiger partial charge in [-0.2, -0.15) is 0 Å². The van der Waals surface area contributed by atoms with Gasteiger partial charge in [-0.3, -0.25) is 0 Å². The molecule has 86 valence electrons. The van der Waals surface area contributed by atoms with Crippen molar-refractivity contribution < 1.29 is 0 Å². The van der Waals surface area contributed by atoms with Crippen LogP contribution in [-0.4, -0.2) is 0 Å². The number of rotatable bonds is 2. The molecule has 14 heavy (non-hydrogen) atoms. The molecule has 0 aliphatic heterocycles.